The summed E-state index contributed by atoms with van der Waals surface area (Å²) in [4.78, 5) is 26.1. The average molecular weight is 455 g/mol. The molecule has 1 aromatic heterocycles. The lowest BCUT2D eigenvalue weighted by atomic mass is 9.70. The molecule has 0 N–H and O–H groups in total. The Kier molecular flexibility index (Phi) is 5.89. The van der Waals surface area contributed by atoms with Gasteiger partial charge >= 0.3 is 20.0 Å². The van der Waals surface area contributed by atoms with Crippen LogP contribution < -0.4 is 9.47 Å². The lowest BCUT2D eigenvalue weighted by Gasteiger charge is -2.53. The standard InChI is InChI=1S/C24H32BN2O6/c1-23(2,3)33-22(29)26-14-17(16-12-19(30-4)20(31-5)13-18(16)26)21(28)32-15-24-6-9-27(25,10-7-24)11-8-24/h12-14H,6-11,15H2,1-5H3/q+1. The average Bonchev–Trinajstić information content (AvgIpc) is 3.15. The number of nitrogens with zero attached hydrogens (tertiary/aromatic N) is 2. The quantitative estimate of drug-likeness (QED) is 0.506. The third-order valence-electron chi connectivity index (χ3n) is 6.89. The van der Waals surface area contributed by atoms with Gasteiger partial charge in [-0.05, 0) is 26.8 Å². The second-order valence-corrected chi connectivity index (χ2v) is 10.3. The van der Waals surface area contributed by atoms with Gasteiger partial charge in [0.2, 0.25) is 0 Å². The van der Waals surface area contributed by atoms with Gasteiger partial charge < -0.3 is 23.3 Å². The van der Waals surface area contributed by atoms with Crippen LogP contribution in [0.15, 0.2) is 18.3 Å². The Bertz CT molecular complexity index is 1060. The first-order chi connectivity index (χ1) is 15.5. The van der Waals surface area contributed by atoms with Crippen molar-refractivity contribution in [3.63, 3.8) is 0 Å². The molecule has 2 aromatic rings. The predicted octanol–water partition coefficient (Wildman–Crippen LogP) is 3.68. The van der Waals surface area contributed by atoms with Crippen molar-refractivity contribution in [1.29, 1.82) is 0 Å². The number of carbonyl (C=O) groups is 2. The van der Waals surface area contributed by atoms with Gasteiger partial charge in [0, 0.05) is 42.3 Å². The maximum atomic E-state index is 13.2. The Balaban J connectivity index is 1.66. The fraction of sp³-hybridized carbons (Fsp3) is 0.583. The van der Waals surface area contributed by atoms with Crippen LogP contribution in [0.1, 0.15) is 50.4 Å². The van der Waals surface area contributed by atoms with Gasteiger partial charge in [-0.2, -0.15) is 0 Å². The van der Waals surface area contributed by atoms with E-state index >= 15 is 0 Å². The minimum atomic E-state index is -0.692. The SMILES string of the molecule is [B][N+]12CCC(COC(=O)c3cn(C(=O)OC(C)(C)C)c4cc(OC)c(OC)cc34)(CC1)CC2. The summed E-state index contributed by atoms with van der Waals surface area (Å²) in [5.74, 6) is 0.421. The first-order valence-corrected chi connectivity index (χ1v) is 11.3. The van der Waals surface area contributed by atoms with Crippen LogP contribution in [-0.4, -0.2) is 75.1 Å². The van der Waals surface area contributed by atoms with Crippen LogP contribution in [0.2, 0.25) is 0 Å². The van der Waals surface area contributed by atoms with E-state index in [-0.39, 0.29) is 11.0 Å². The van der Waals surface area contributed by atoms with Crippen molar-refractivity contribution >= 4 is 30.9 Å². The molecule has 9 heteroatoms. The van der Waals surface area contributed by atoms with Gasteiger partial charge in [0.25, 0.3) is 0 Å². The summed E-state index contributed by atoms with van der Waals surface area (Å²) >= 11 is 0. The summed E-state index contributed by atoms with van der Waals surface area (Å²) < 4.78 is 24.1. The minimum absolute atomic E-state index is 0.0144. The van der Waals surface area contributed by atoms with E-state index < -0.39 is 17.7 Å². The summed E-state index contributed by atoms with van der Waals surface area (Å²) in [5.41, 5.74) is 0.0544. The molecule has 0 amide bonds. The fourth-order valence-corrected chi connectivity index (χ4v) is 4.78. The maximum Gasteiger partial charge on any atom is 0.481 e. The van der Waals surface area contributed by atoms with Gasteiger partial charge in [-0.25, -0.2) is 9.59 Å². The molecule has 5 rings (SSSR count). The number of hydrogen-bond donors (Lipinski definition) is 0. The Morgan fingerprint density at radius 1 is 1.06 bits per heavy atom. The largest absolute Gasteiger partial charge is 0.493 e. The van der Waals surface area contributed by atoms with E-state index in [9.17, 15) is 9.59 Å². The first kappa shape index (κ1) is 23.5. The molecule has 1 aromatic carbocycles. The predicted molar refractivity (Wildman–Crippen MR) is 124 cm³/mol. The lowest BCUT2D eigenvalue weighted by molar-refractivity contribution is -0.839. The highest BCUT2D eigenvalue weighted by Gasteiger charge is 2.47. The molecule has 0 aliphatic carbocycles. The van der Waals surface area contributed by atoms with Crippen molar-refractivity contribution in [2.75, 3.05) is 40.5 Å². The van der Waals surface area contributed by atoms with E-state index in [1.807, 2.05) is 0 Å². The Morgan fingerprint density at radius 2 is 1.64 bits per heavy atom. The van der Waals surface area contributed by atoms with Crippen molar-refractivity contribution in [1.82, 2.24) is 4.57 Å². The maximum absolute atomic E-state index is 13.2. The molecule has 0 saturated carbocycles. The second kappa shape index (κ2) is 8.27. The van der Waals surface area contributed by atoms with Crippen molar-refractivity contribution in [3.8, 4) is 11.5 Å². The Morgan fingerprint density at radius 3 is 2.18 bits per heavy atom. The molecule has 2 radical (unpaired) electrons. The van der Waals surface area contributed by atoms with E-state index in [0.29, 0.717) is 33.4 Å². The summed E-state index contributed by atoms with van der Waals surface area (Å²) in [6.45, 7) is 8.44. The van der Waals surface area contributed by atoms with Crippen molar-refractivity contribution in [2.45, 2.75) is 45.6 Å². The number of piperidine rings is 3. The Hall–Kier alpha value is -2.68. The van der Waals surface area contributed by atoms with Crippen LogP contribution in [0.25, 0.3) is 10.9 Å². The van der Waals surface area contributed by atoms with E-state index in [1.54, 1.807) is 32.9 Å². The molecule has 3 aliphatic heterocycles. The normalized spacial score (nSPS) is 24.5. The number of methoxy groups -OCH3 is 2. The van der Waals surface area contributed by atoms with E-state index in [1.165, 1.54) is 25.0 Å². The smallest absolute Gasteiger partial charge is 0.481 e. The molecule has 33 heavy (non-hydrogen) atoms. The van der Waals surface area contributed by atoms with E-state index in [0.717, 1.165) is 38.9 Å². The molecule has 3 fully saturated rings. The third kappa shape index (κ3) is 4.56. The number of aromatic nitrogens is 1. The third-order valence-corrected chi connectivity index (χ3v) is 6.89. The van der Waals surface area contributed by atoms with Crippen LogP contribution in [0.3, 0.4) is 0 Å². The number of fused-ring (bicyclic) bond motifs is 4. The van der Waals surface area contributed by atoms with Crippen LogP contribution in [0.4, 0.5) is 4.79 Å². The summed E-state index contributed by atoms with van der Waals surface area (Å²) in [7, 11) is 9.39. The molecule has 0 spiro atoms. The molecular weight excluding hydrogens is 423 g/mol. The lowest BCUT2D eigenvalue weighted by Crippen LogP contribution is -2.61. The zero-order valence-electron chi connectivity index (χ0n) is 20.1. The number of esters is 1. The highest BCUT2D eigenvalue weighted by molar-refractivity contribution is 6.07. The first-order valence-electron chi connectivity index (χ1n) is 11.3. The molecule has 176 valence electrons. The number of rotatable bonds is 5. The fourth-order valence-electron chi connectivity index (χ4n) is 4.78. The van der Waals surface area contributed by atoms with Gasteiger partial charge in [-0.1, -0.05) is 0 Å². The zero-order valence-corrected chi connectivity index (χ0v) is 20.1. The van der Waals surface area contributed by atoms with Crippen molar-refractivity contribution < 1.29 is 32.9 Å². The molecule has 3 saturated heterocycles. The zero-order chi connectivity index (χ0) is 24.0. The monoisotopic (exact) mass is 455 g/mol. The summed E-state index contributed by atoms with van der Waals surface area (Å²) in [5, 5.41) is 0.533. The molecule has 0 atom stereocenters. The number of hydrogen-bond acceptors (Lipinski definition) is 6. The summed E-state index contributed by atoms with van der Waals surface area (Å²) in [6, 6.07) is 3.35. The van der Waals surface area contributed by atoms with Crippen molar-refractivity contribution in [3.05, 3.63) is 23.9 Å². The van der Waals surface area contributed by atoms with E-state index in [2.05, 4.69) is 0 Å². The highest BCUT2D eigenvalue weighted by Crippen LogP contribution is 2.43. The highest BCUT2D eigenvalue weighted by atomic mass is 16.6. The van der Waals surface area contributed by atoms with Gasteiger partial charge in [0.15, 0.2) is 11.5 Å². The minimum Gasteiger partial charge on any atom is -0.493 e. The topological polar surface area (TPSA) is 76.0 Å². The van der Waals surface area contributed by atoms with Crippen LogP contribution in [-0.2, 0) is 9.47 Å². The molecular formula is C24H32BN2O6+. The molecule has 3 aliphatic rings. The second-order valence-electron chi connectivity index (χ2n) is 10.3. The van der Waals surface area contributed by atoms with Crippen LogP contribution in [0, 0.1) is 5.41 Å². The number of carbonyl (C=O) groups excluding carboxylic acids is 2. The van der Waals surface area contributed by atoms with Gasteiger partial charge in [-0.15, -0.1) is 0 Å². The van der Waals surface area contributed by atoms with Gasteiger partial charge in [0.05, 0.1) is 51.5 Å². The number of quaternary nitrogens is 1. The molecule has 0 unspecified atom stereocenters. The molecule has 8 nitrogen and oxygen atoms in total. The van der Waals surface area contributed by atoms with Gasteiger partial charge in [-0.3, -0.25) is 4.57 Å². The van der Waals surface area contributed by atoms with Crippen molar-refractivity contribution in [2.24, 2.45) is 5.41 Å². The van der Waals surface area contributed by atoms with Crippen LogP contribution in [0.5, 0.6) is 11.5 Å². The van der Waals surface area contributed by atoms with Crippen LogP contribution >= 0.6 is 0 Å². The molecule has 2 bridgehead atoms. The van der Waals surface area contributed by atoms with Gasteiger partial charge in [0.1, 0.15) is 5.60 Å². The summed E-state index contributed by atoms with van der Waals surface area (Å²) in [6.07, 6.45) is 3.72. The number of benzene rings is 1. The molecule has 4 heterocycles. The number of ether oxygens (including phenoxy) is 4. The Labute approximate surface area is 195 Å². The van der Waals surface area contributed by atoms with E-state index in [4.69, 9.17) is 26.9 Å².